The van der Waals surface area contributed by atoms with Gasteiger partial charge in [-0.3, -0.25) is 18.6 Å². The number of rotatable bonds is 54. The fourth-order valence-corrected chi connectivity index (χ4v) is 9.24. The maximum atomic E-state index is 12.6. The number of phosphoric ester groups is 1. The molecule has 0 spiro atoms. The molecule has 0 aromatic heterocycles. The van der Waals surface area contributed by atoms with Crippen molar-refractivity contribution in [2.75, 3.05) is 20.3 Å². The Morgan fingerprint density at radius 1 is 0.375 bits per heavy atom. The molecule has 0 amide bonds. The molecule has 1 N–H and O–H groups in total. The number of ether oxygens (including phenoxy) is 2. The molecule has 0 radical (unpaired) electrons. The van der Waals surface area contributed by atoms with Gasteiger partial charge < -0.3 is 14.4 Å². The molecular weight excluding hydrogens is 820 g/mol. The standard InChI is InChI=1S/C55H109O8P/c1-4-6-8-10-12-14-16-18-20-22-24-26-28-30-32-34-36-38-40-42-44-46-48-50-55(57)63-53(52-62-64(58,59)60-3)51-61-54(56)49-47-45-43-41-39-37-35-33-31-29-27-25-23-21-19-17-15-13-11-9-7-5-2/h53H,4-52H2,1-3H3,(H,58,59). The third kappa shape index (κ3) is 50.5. The summed E-state index contributed by atoms with van der Waals surface area (Å²) >= 11 is 0. The Bertz CT molecular complexity index is 1010. The topological polar surface area (TPSA) is 108 Å². The number of hydrogen-bond acceptors (Lipinski definition) is 7. The fraction of sp³-hybridized carbons (Fsp3) is 0.964. The van der Waals surface area contributed by atoms with Crippen molar-refractivity contribution in [3.8, 4) is 0 Å². The van der Waals surface area contributed by atoms with Crippen LogP contribution < -0.4 is 0 Å². The van der Waals surface area contributed by atoms with Crippen LogP contribution in [0.25, 0.3) is 0 Å². The summed E-state index contributed by atoms with van der Waals surface area (Å²) in [7, 11) is -3.19. The van der Waals surface area contributed by atoms with E-state index in [1.807, 2.05) is 0 Å². The van der Waals surface area contributed by atoms with Crippen molar-refractivity contribution in [2.24, 2.45) is 0 Å². The van der Waals surface area contributed by atoms with E-state index in [2.05, 4.69) is 18.4 Å². The largest absolute Gasteiger partial charge is 0.472 e. The monoisotopic (exact) mass is 929 g/mol. The summed E-state index contributed by atoms with van der Waals surface area (Å²) < 4.78 is 32.2. The van der Waals surface area contributed by atoms with Gasteiger partial charge in [0.2, 0.25) is 0 Å². The molecule has 64 heavy (non-hydrogen) atoms. The van der Waals surface area contributed by atoms with Gasteiger partial charge in [-0.1, -0.05) is 290 Å². The second-order valence-corrected chi connectivity index (χ2v) is 21.0. The summed E-state index contributed by atoms with van der Waals surface area (Å²) in [6, 6.07) is 0. The lowest BCUT2D eigenvalue weighted by Crippen LogP contribution is -2.29. The van der Waals surface area contributed by atoms with E-state index in [1.54, 1.807) is 0 Å². The van der Waals surface area contributed by atoms with Crippen molar-refractivity contribution in [3.63, 3.8) is 0 Å². The summed E-state index contributed by atoms with van der Waals surface area (Å²) in [6.07, 6.45) is 59.0. The first-order valence-corrected chi connectivity index (χ1v) is 29.7. The number of esters is 2. The zero-order chi connectivity index (χ0) is 46.7. The molecule has 0 heterocycles. The fourth-order valence-electron chi connectivity index (χ4n) is 8.78. The van der Waals surface area contributed by atoms with Gasteiger partial charge in [0.05, 0.1) is 6.61 Å². The predicted molar refractivity (Wildman–Crippen MR) is 272 cm³/mol. The molecule has 0 aromatic rings. The lowest BCUT2D eigenvalue weighted by molar-refractivity contribution is -0.161. The van der Waals surface area contributed by atoms with Gasteiger partial charge in [-0.2, -0.15) is 0 Å². The van der Waals surface area contributed by atoms with Gasteiger partial charge in [0.15, 0.2) is 6.10 Å². The van der Waals surface area contributed by atoms with Crippen LogP contribution >= 0.6 is 7.82 Å². The number of phosphoric acid groups is 1. The number of unbranched alkanes of at least 4 members (excludes halogenated alkanes) is 43. The zero-order valence-corrected chi connectivity index (χ0v) is 43.9. The lowest BCUT2D eigenvalue weighted by atomic mass is 10.0. The van der Waals surface area contributed by atoms with Crippen molar-refractivity contribution in [1.82, 2.24) is 0 Å². The molecule has 9 heteroatoms. The van der Waals surface area contributed by atoms with E-state index < -0.39 is 19.9 Å². The van der Waals surface area contributed by atoms with Crippen molar-refractivity contribution in [2.45, 2.75) is 322 Å². The quantitative estimate of drug-likeness (QED) is 0.0365. The van der Waals surface area contributed by atoms with Crippen LogP contribution in [0.3, 0.4) is 0 Å². The highest BCUT2D eigenvalue weighted by Crippen LogP contribution is 2.42. The first-order valence-electron chi connectivity index (χ1n) is 28.2. The average Bonchev–Trinajstić information content (AvgIpc) is 3.29. The molecule has 0 rings (SSSR count). The molecule has 382 valence electrons. The molecule has 8 nitrogen and oxygen atoms in total. The lowest BCUT2D eigenvalue weighted by Gasteiger charge is -2.19. The highest BCUT2D eigenvalue weighted by molar-refractivity contribution is 7.47. The number of hydrogen-bond donors (Lipinski definition) is 1. The van der Waals surface area contributed by atoms with E-state index in [0.29, 0.717) is 6.42 Å². The van der Waals surface area contributed by atoms with Crippen LogP contribution in [0.1, 0.15) is 316 Å². The van der Waals surface area contributed by atoms with Gasteiger partial charge in [0, 0.05) is 20.0 Å². The van der Waals surface area contributed by atoms with E-state index in [9.17, 15) is 19.0 Å². The normalized spacial score (nSPS) is 13.0. The van der Waals surface area contributed by atoms with Crippen LogP contribution in [0.15, 0.2) is 0 Å². The van der Waals surface area contributed by atoms with Crippen LogP contribution in [0.4, 0.5) is 0 Å². The minimum absolute atomic E-state index is 0.215. The van der Waals surface area contributed by atoms with Crippen LogP contribution in [0.5, 0.6) is 0 Å². The van der Waals surface area contributed by atoms with E-state index in [-0.39, 0.29) is 25.6 Å². The SMILES string of the molecule is CCCCCCCCCCCCCCCCCCCCCCCCCC(=O)OC(COC(=O)CCCCCCCCCCCCCCCCCCCCCCCC)COP(=O)(O)OC. The van der Waals surface area contributed by atoms with E-state index >= 15 is 0 Å². The summed E-state index contributed by atoms with van der Waals surface area (Å²) in [5, 5.41) is 0. The van der Waals surface area contributed by atoms with Crippen molar-refractivity contribution in [1.29, 1.82) is 0 Å². The second kappa shape index (κ2) is 51.4. The van der Waals surface area contributed by atoms with Gasteiger partial charge >= 0.3 is 19.8 Å². The number of carbonyl (C=O) groups excluding carboxylic acids is 2. The van der Waals surface area contributed by atoms with Crippen LogP contribution in [-0.4, -0.2) is 43.3 Å². The maximum Gasteiger partial charge on any atom is 0.472 e. The van der Waals surface area contributed by atoms with Gasteiger partial charge in [0.25, 0.3) is 0 Å². The molecule has 0 aliphatic heterocycles. The molecule has 0 saturated carbocycles. The zero-order valence-electron chi connectivity index (χ0n) is 43.0. The molecule has 0 aliphatic carbocycles. The van der Waals surface area contributed by atoms with Gasteiger partial charge in [-0.15, -0.1) is 0 Å². The summed E-state index contributed by atoms with van der Waals surface area (Å²) in [5.41, 5.74) is 0. The van der Waals surface area contributed by atoms with Crippen LogP contribution in [-0.2, 0) is 32.7 Å². The summed E-state index contributed by atoms with van der Waals surface area (Å²) in [5.74, 6) is -0.777. The summed E-state index contributed by atoms with van der Waals surface area (Å²) in [6.45, 7) is 3.97. The predicted octanol–water partition coefficient (Wildman–Crippen LogP) is 18.6. The Labute approximate surface area is 398 Å². The minimum atomic E-state index is -4.26. The third-order valence-electron chi connectivity index (χ3n) is 13.1. The van der Waals surface area contributed by atoms with E-state index in [0.717, 1.165) is 45.6 Å². The Kier molecular flexibility index (Phi) is 50.7. The average molecular weight is 929 g/mol. The Morgan fingerprint density at radius 3 is 0.859 bits per heavy atom. The van der Waals surface area contributed by atoms with Gasteiger partial charge in [-0.25, -0.2) is 4.57 Å². The Balaban J connectivity index is 3.78. The second-order valence-electron chi connectivity index (χ2n) is 19.4. The highest BCUT2D eigenvalue weighted by atomic mass is 31.2. The molecule has 0 saturated heterocycles. The maximum absolute atomic E-state index is 12.6. The Morgan fingerprint density at radius 2 is 0.609 bits per heavy atom. The van der Waals surface area contributed by atoms with E-state index in [1.165, 1.54) is 250 Å². The molecular formula is C55H109O8P. The molecule has 0 aromatic carbocycles. The van der Waals surface area contributed by atoms with Crippen molar-refractivity contribution < 1.29 is 37.6 Å². The Hall–Kier alpha value is -0.950. The molecule has 0 aliphatic rings. The highest BCUT2D eigenvalue weighted by Gasteiger charge is 2.25. The third-order valence-corrected chi connectivity index (χ3v) is 14.0. The molecule has 2 unspecified atom stereocenters. The summed E-state index contributed by atoms with van der Waals surface area (Å²) in [4.78, 5) is 34.7. The minimum Gasteiger partial charge on any atom is -0.462 e. The molecule has 0 bridgehead atoms. The van der Waals surface area contributed by atoms with Crippen molar-refractivity contribution in [3.05, 3.63) is 0 Å². The van der Waals surface area contributed by atoms with Crippen LogP contribution in [0, 0.1) is 0 Å². The van der Waals surface area contributed by atoms with E-state index in [4.69, 9.17) is 14.0 Å². The van der Waals surface area contributed by atoms with Crippen LogP contribution in [0.2, 0.25) is 0 Å². The number of carbonyl (C=O) groups is 2. The smallest absolute Gasteiger partial charge is 0.462 e. The van der Waals surface area contributed by atoms with Crippen molar-refractivity contribution >= 4 is 19.8 Å². The first-order chi connectivity index (χ1) is 31.3. The van der Waals surface area contributed by atoms with Gasteiger partial charge in [-0.05, 0) is 12.8 Å². The van der Waals surface area contributed by atoms with Gasteiger partial charge in [0.1, 0.15) is 6.61 Å². The molecule has 0 fully saturated rings. The molecule has 2 atom stereocenters. The first kappa shape index (κ1) is 63.0.